The Morgan fingerprint density at radius 1 is 1.00 bits per heavy atom. The first-order valence-corrected chi connectivity index (χ1v) is 14.3. The van der Waals surface area contributed by atoms with Gasteiger partial charge in [0.2, 0.25) is 0 Å². The molecule has 1 aromatic heterocycles. The number of pyridine rings is 1. The molecule has 0 aliphatic carbocycles. The standard InChI is InChI=1S/C31H32FN3O2.C2HF3O2/c1-37-27-9-5-22(6-10-27)24-4-2-3-21(17-24)18-33-26-13-15-34(16-14-26)19-25-20-35-29(36)12-8-23-7-11-28(32)30(25)31(23)35;3-2(4,5)1(6)7/h2-12,17,25-26,33H,13-16,18-20H2,1H3;(H,6,7). The average molecular weight is 612 g/mol. The number of nitrogens with zero attached hydrogens (tertiary/aromatic N) is 2. The van der Waals surface area contributed by atoms with Crippen LogP contribution in [0.3, 0.4) is 0 Å². The molecule has 1 unspecified atom stereocenters. The molecule has 0 saturated carbocycles. The van der Waals surface area contributed by atoms with Crippen LogP contribution in [-0.4, -0.2) is 59.5 Å². The molecule has 2 N–H and O–H groups in total. The van der Waals surface area contributed by atoms with Crippen LogP contribution in [0.5, 0.6) is 5.75 Å². The van der Waals surface area contributed by atoms with Crippen LogP contribution in [0.1, 0.15) is 29.9 Å². The number of hydrogen-bond donors (Lipinski definition) is 2. The summed E-state index contributed by atoms with van der Waals surface area (Å²) in [4.78, 5) is 23.7. The maximum Gasteiger partial charge on any atom is 0.490 e. The van der Waals surface area contributed by atoms with Crippen LogP contribution in [0.2, 0.25) is 0 Å². The van der Waals surface area contributed by atoms with Crippen LogP contribution in [0, 0.1) is 5.82 Å². The summed E-state index contributed by atoms with van der Waals surface area (Å²) in [6.07, 6.45) is -2.96. The molecule has 0 radical (unpaired) electrons. The highest BCUT2D eigenvalue weighted by Crippen LogP contribution is 2.35. The van der Waals surface area contributed by atoms with E-state index < -0.39 is 12.1 Å². The first-order valence-electron chi connectivity index (χ1n) is 14.3. The first-order chi connectivity index (χ1) is 21.0. The molecule has 1 saturated heterocycles. The summed E-state index contributed by atoms with van der Waals surface area (Å²) in [5.41, 5.74) is 5.11. The van der Waals surface area contributed by atoms with E-state index in [1.807, 2.05) is 18.2 Å². The van der Waals surface area contributed by atoms with Crippen LogP contribution in [-0.2, 0) is 17.9 Å². The predicted molar refractivity (Wildman–Crippen MR) is 159 cm³/mol. The number of carboxylic acids is 1. The lowest BCUT2D eigenvalue weighted by Crippen LogP contribution is -2.43. The van der Waals surface area contributed by atoms with Gasteiger partial charge in [-0.15, -0.1) is 0 Å². The van der Waals surface area contributed by atoms with Gasteiger partial charge < -0.3 is 24.6 Å². The number of methoxy groups -OCH3 is 1. The topological polar surface area (TPSA) is 83.8 Å². The van der Waals surface area contributed by atoms with Crippen molar-refractivity contribution in [3.63, 3.8) is 0 Å². The Hall–Kier alpha value is -4.22. The van der Waals surface area contributed by atoms with E-state index in [1.165, 1.54) is 16.7 Å². The normalized spacial score (nSPS) is 16.9. The van der Waals surface area contributed by atoms with Crippen LogP contribution < -0.4 is 15.6 Å². The molecule has 3 aromatic carbocycles. The van der Waals surface area contributed by atoms with Crippen molar-refractivity contribution in [2.45, 2.75) is 44.1 Å². The summed E-state index contributed by atoms with van der Waals surface area (Å²) >= 11 is 0. The van der Waals surface area contributed by atoms with Crippen molar-refractivity contribution in [3.8, 4) is 16.9 Å². The molecule has 0 bridgehead atoms. The third-order valence-electron chi connectivity index (χ3n) is 8.20. The minimum Gasteiger partial charge on any atom is -0.497 e. The smallest absolute Gasteiger partial charge is 0.490 e. The Morgan fingerprint density at radius 2 is 1.68 bits per heavy atom. The molecule has 2 aliphatic heterocycles. The fourth-order valence-corrected chi connectivity index (χ4v) is 5.97. The van der Waals surface area contributed by atoms with E-state index in [4.69, 9.17) is 14.6 Å². The zero-order valence-corrected chi connectivity index (χ0v) is 24.1. The fraction of sp³-hybridized carbons (Fsp3) is 0.333. The lowest BCUT2D eigenvalue weighted by Gasteiger charge is -2.34. The highest BCUT2D eigenvalue weighted by molar-refractivity contribution is 5.84. The zero-order valence-electron chi connectivity index (χ0n) is 24.1. The van der Waals surface area contributed by atoms with Gasteiger partial charge in [-0.25, -0.2) is 9.18 Å². The molecule has 44 heavy (non-hydrogen) atoms. The molecule has 3 heterocycles. The number of carbonyl (C=O) groups is 1. The molecule has 1 atom stereocenters. The summed E-state index contributed by atoms with van der Waals surface area (Å²) in [5.74, 6) is -2.07. The minimum atomic E-state index is -5.08. The Labute approximate surface area is 251 Å². The number of ether oxygens (including phenoxy) is 1. The van der Waals surface area contributed by atoms with E-state index in [0.717, 1.165) is 55.7 Å². The summed E-state index contributed by atoms with van der Waals surface area (Å²) in [6, 6.07) is 24.0. The second-order valence-corrected chi connectivity index (χ2v) is 11.1. The van der Waals surface area contributed by atoms with E-state index in [0.29, 0.717) is 18.2 Å². The maximum absolute atomic E-state index is 14.8. The van der Waals surface area contributed by atoms with E-state index >= 15 is 0 Å². The number of carboxylic acid groups (broad SMARTS) is 1. The van der Waals surface area contributed by atoms with Gasteiger partial charge in [0, 0.05) is 43.2 Å². The Bertz CT molecular complexity index is 1680. The van der Waals surface area contributed by atoms with Crippen LogP contribution in [0.4, 0.5) is 17.6 Å². The second kappa shape index (κ2) is 13.2. The maximum atomic E-state index is 14.8. The number of alkyl halides is 3. The van der Waals surface area contributed by atoms with Crippen molar-refractivity contribution in [2.75, 3.05) is 26.7 Å². The van der Waals surface area contributed by atoms with Gasteiger partial charge in [0.1, 0.15) is 11.6 Å². The second-order valence-electron chi connectivity index (χ2n) is 11.1. The van der Waals surface area contributed by atoms with Gasteiger partial charge in [-0.05, 0) is 84.4 Å². The van der Waals surface area contributed by atoms with Gasteiger partial charge in [0.15, 0.2) is 0 Å². The van der Waals surface area contributed by atoms with Crippen molar-refractivity contribution < 1.29 is 32.2 Å². The Balaban J connectivity index is 0.000000493. The molecule has 0 amide bonds. The Morgan fingerprint density at radius 3 is 2.34 bits per heavy atom. The highest BCUT2D eigenvalue weighted by Gasteiger charge is 2.38. The van der Waals surface area contributed by atoms with Crippen molar-refractivity contribution in [3.05, 3.63) is 100 Å². The number of aromatic nitrogens is 1. The molecule has 7 nitrogen and oxygen atoms in total. The van der Waals surface area contributed by atoms with E-state index in [9.17, 15) is 22.4 Å². The molecule has 232 valence electrons. The molecule has 11 heteroatoms. The number of rotatable bonds is 7. The minimum absolute atomic E-state index is 0.0176. The van der Waals surface area contributed by atoms with Crippen molar-refractivity contribution in [1.29, 1.82) is 0 Å². The highest BCUT2D eigenvalue weighted by atomic mass is 19.4. The van der Waals surface area contributed by atoms with Crippen LogP contribution in [0.15, 0.2) is 77.6 Å². The number of benzene rings is 3. The summed E-state index contributed by atoms with van der Waals surface area (Å²) in [5, 5.41) is 11.8. The molecule has 1 fully saturated rings. The molecule has 6 rings (SSSR count). The quantitative estimate of drug-likeness (QED) is 0.257. The lowest BCUT2D eigenvalue weighted by atomic mass is 9.96. The lowest BCUT2D eigenvalue weighted by molar-refractivity contribution is -0.192. The predicted octanol–water partition coefficient (Wildman–Crippen LogP) is 5.80. The monoisotopic (exact) mass is 611 g/mol. The van der Waals surface area contributed by atoms with Gasteiger partial charge in [0.05, 0.1) is 12.6 Å². The number of likely N-dealkylation sites (tertiary alicyclic amines) is 1. The van der Waals surface area contributed by atoms with E-state index in [2.05, 4.69) is 46.6 Å². The number of hydrogen-bond acceptors (Lipinski definition) is 5. The van der Waals surface area contributed by atoms with Crippen molar-refractivity contribution in [2.24, 2.45) is 0 Å². The third kappa shape index (κ3) is 7.11. The fourth-order valence-electron chi connectivity index (χ4n) is 5.97. The van der Waals surface area contributed by atoms with E-state index in [-0.39, 0.29) is 17.3 Å². The van der Waals surface area contributed by atoms with Crippen LogP contribution in [0.25, 0.3) is 22.0 Å². The first kappa shape index (κ1) is 31.2. The SMILES string of the molecule is COc1ccc(-c2cccc(CNC3CCN(CC4Cn5c(=O)ccc6ccc(F)c4c65)CC3)c2)cc1.O=C(O)C(F)(F)F. The largest absolute Gasteiger partial charge is 0.497 e. The number of aliphatic carboxylic acids is 1. The molecular formula is C33H33F4N3O4. The van der Waals surface area contributed by atoms with Gasteiger partial charge in [-0.2, -0.15) is 13.2 Å². The number of halogens is 4. The Kier molecular flexibility index (Phi) is 9.36. The zero-order chi connectivity index (χ0) is 31.4. The molecule has 0 spiro atoms. The average Bonchev–Trinajstić information content (AvgIpc) is 3.41. The van der Waals surface area contributed by atoms with E-state index in [1.54, 1.807) is 29.9 Å². The number of piperidine rings is 1. The third-order valence-corrected chi connectivity index (χ3v) is 8.20. The molecule has 4 aromatic rings. The van der Waals surface area contributed by atoms with Gasteiger partial charge in [-0.3, -0.25) is 4.79 Å². The molecular weight excluding hydrogens is 578 g/mol. The summed E-state index contributed by atoms with van der Waals surface area (Å²) in [7, 11) is 1.68. The van der Waals surface area contributed by atoms with Crippen molar-refractivity contribution >= 4 is 16.9 Å². The van der Waals surface area contributed by atoms with Gasteiger partial charge >= 0.3 is 12.1 Å². The summed E-state index contributed by atoms with van der Waals surface area (Å²) < 4.78 is 53.6. The molecule has 2 aliphatic rings. The van der Waals surface area contributed by atoms with Gasteiger partial charge in [0.25, 0.3) is 5.56 Å². The summed E-state index contributed by atoms with van der Waals surface area (Å²) in [6.45, 7) is 4.14. The van der Waals surface area contributed by atoms with Crippen LogP contribution >= 0.6 is 0 Å². The van der Waals surface area contributed by atoms with Gasteiger partial charge in [-0.1, -0.05) is 30.3 Å². The number of nitrogens with one attached hydrogen (secondary N) is 1. The van der Waals surface area contributed by atoms with Crippen molar-refractivity contribution in [1.82, 2.24) is 14.8 Å².